The normalized spacial score (nSPS) is 24.5. The monoisotopic (exact) mass is 338 g/mol. The number of nitrogens with zero attached hydrogens (tertiary/aromatic N) is 1. The Labute approximate surface area is 136 Å². The highest BCUT2D eigenvalue weighted by molar-refractivity contribution is 7.89. The van der Waals surface area contributed by atoms with Crippen LogP contribution in [0.4, 0.5) is 5.69 Å². The van der Waals surface area contributed by atoms with Gasteiger partial charge in [0.25, 0.3) is 5.91 Å². The number of fused-ring (bicyclic) bond motifs is 1. The molecule has 6 nitrogen and oxygen atoms in total. The van der Waals surface area contributed by atoms with Crippen LogP contribution < -0.4 is 10.1 Å². The Morgan fingerprint density at radius 2 is 2.09 bits per heavy atom. The fourth-order valence-electron chi connectivity index (χ4n) is 2.96. The second kappa shape index (κ2) is 5.49. The van der Waals surface area contributed by atoms with E-state index >= 15 is 0 Å². The molecule has 0 aromatic heterocycles. The van der Waals surface area contributed by atoms with Crippen LogP contribution in [-0.2, 0) is 14.8 Å². The fraction of sp³-hybridized carbons (Fsp3) is 0.562. The van der Waals surface area contributed by atoms with Crippen LogP contribution in [0.25, 0.3) is 0 Å². The summed E-state index contributed by atoms with van der Waals surface area (Å²) in [7, 11) is -3.54. The van der Waals surface area contributed by atoms with Gasteiger partial charge >= 0.3 is 0 Å². The number of nitrogens with one attached hydrogen (secondary N) is 1. The second-order valence-corrected chi connectivity index (χ2v) is 8.77. The van der Waals surface area contributed by atoms with E-state index in [0.717, 1.165) is 12.8 Å². The van der Waals surface area contributed by atoms with Crippen LogP contribution in [0, 0.1) is 5.92 Å². The predicted octanol–water partition coefficient (Wildman–Crippen LogP) is 2.22. The van der Waals surface area contributed by atoms with Gasteiger partial charge < -0.3 is 10.1 Å². The zero-order valence-corrected chi connectivity index (χ0v) is 14.4. The first-order valence-electron chi connectivity index (χ1n) is 7.85. The number of rotatable bonds is 2. The maximum absolute atomic E-state index is 12.8. The topological polar surface area (TPSA) is 75.7 Å². The number of amides is 1. The first kappa shape index (κ1) is 16.3. The molecule has 0 saturated carbocycles. The molecule has 3 rings (SSSR count). The minimum Gasteiger partial charge on any atom is -0.476 e. The number of benzene rings is 1. The molecule has 2 aliphatic heterocycles. The van der Waals surface area contributed by atoms with Gasteiger partial charge in [0, 0.05) is 19.2 Å². The smallest absolute Gasteiger partial charge is 0.268 e. The third-order valence-corrected chi connectivity index (χ3v) is 6.23. The lowest BCUT2D eigenvalue weighted by Crippen LogP contribution is -2.45. The van der Waals surface area contributed by atoms with Crippen molar-refractivity contribution in [2.24, 2.45) is 5.92 Å². The van der Waals surface area contributed by atoms with Gasteiger partial charge in [-0.1, -0.05) is 6.92 Å². The van der Waals surface area contributed by atoms with Crippen molar-refractivity contribution in [3.05, 3.63) is 18.2 Å². The molecular formula is C16H22N2O4S. The Morgan fingerprint density at radius 1 is 1.35 bits per heavy atom. The number of carbonyl (C=O) groups is 1. The van der Waals surface area contributed by atoms with Gasteiger partial charge in [0.15, 0.2) is 5.60 Å². The molecule has 126 valence electrons. The van der Waals surface area contributed by atoms with Crippen molar-refractivity contribution in [2.75, 3.05) is 18.4 Å². The van der Waals surface area contributed by atoms with E-state index in [2.05, 4.69) is 12.2 Å². The van der Waals surface area contributed by atoms with E-state index in [0.29, 0.717) is 30.4 Å². The van der Waals surface area contributed by atoms with Gasteiger partial charge in [0.2, 0.25) is 10.0 Å². The highest BCUT2D eigenvalue weighted by Gasteiger charge is 2.36. The highest BCUT2D eigenvalue weighted by atomic mass is 32.2. The molecule has 7 heteroatoms. The second-order valence-electron chi connectivity index (χ2n) is 6.83. The van der Waals surface area contributed by atoms with Crippen molar-refractivity contribution in [1.29, 1.82) is 0 Å². The van der Waals surface area contributed by atoms with Gasteiger partial charge in [0.05, 0.1) is 10.6 Å². The molecule has 1 fully saturated rings. The zero-order chi connectivity index (χ0) is 16.8. The third kappa shape index (κ3) is 2.95. The predicted molar refractivity (Wildman–Crippen MR) is 86.9 cm³/mol. The number of anilines is 1. The largest absolute Gasteiger partial charge is 0.476 e. The molecule has 2 heterocycles. The fourth-order valence-corrected chi connectivity index (χ4v) is 4.57. The lowest BCUT2D eigenvalue weighted by molar-refractivity contribution is -0.129. The van der Waals surface area contributed by atoms with E-state index in [1.807, 2.05) is 0 Å². The van der Waals surface area contributed by atoms with Gasteiger partial charge in [-0.2, -0.15) is 4.31 Å². The molecule has 1 N–H and O–H groups in total. The van der Waals surface area contributed by atoms with E-state index in [9.17, 15) is 13.2 Å². The van der Waals surface area contributed by atoms with Gasteiger partial charge in [0.1, 0.15) is 5.75 Å². The van der Waals surface area contributed by atoms with Crippen LogP contribution in [-0.4, -0.2) is 37.3 Å². The average molecular weight is 338 g/mol. The van der Waals surface area contributed by atoms with Crippen molar-refractivity contribution < 1.29 is 17.9 Å². The maximum Gasteiger partial charge on any atom is 0.268 e. The maximum atomic E-state index is 12.8. The molecule has 0 aliphatic carbocycles. The van der Waals surface area contributed by atoms with Crippen molar-refractivity contribution in [1.82, 2.24) is 4.31 Å². The SMILES string of the molecule is C[C@@H]1CCCN(S(=O)(=O)c2ccc3c(c2)OC(C)(C)C(=O)N3)C1. The molecule has 23 heavy (non-hydrogen) atoms. The summed E-state index contributed by atoms with van der Waals surface area (Å²) in [6.07, 6.45) is 1.93. The Hall–Kier alpha value is -1.60. The summed E-state index contributed by atoms with van der Waals surface area (Å²) in [6.45, 7) is 6.46. The molecule has 1 aromatic rings. The summed E-state index contributed by atoms with van der Waals surface area (Å²) < 4.78 is 32.9. The Morgan fingerprint density at radius 3 is 2.78 bits per heavy atom. The van der Waals surface area contributed by atoms with Crippen molar-refractivity contribution in [3.8, 4) is 5.75 Å². The van der Waals surface area contributed by atoms with E-state index < -0.39 is 15.6 Å². The van der Waals surface area contributed by atoms with Crippen LogP contribution in [0.3, 0.4) is 0 Å². The summed E-state index contributed by atoms with van der Waals surface area (Å²) in [5.41, 5.74) is -0.519. The van der Waals surface area contributed by atoms with Crippen LogP contribution in [0.1, 0.15) is 33.6 Å². The summed E-state index contributed by atoms with van der Waals surface area (Å²) in [6, 6.07) is 4.61. The first-order chi connectivity index (χ1) is 10.7. The van der Waals surface area contributed by atoms with E-state index in [-0.39, 0.29) is 10.8 Å². The number of piperidine rings is 1. The van der Waals surface area contributed by atoms with E-state index in [1.165, 1.54) is 16.4 Å². The van der Waals surface area contributed by atoms with Gasteiger partial charge in [-0.15, -0.1) is 0 Å². The number of carbonyl (C=O) groups excluding carboxylic acids is 1. The molecule has 1 amide bonds. The lowest BCUT2D eigenvalue weighted by Gasteiger charge is -2.33. The quantitative estimate of drug-likeness (QED) is 0.897. The van der Waals surface area contributed by atoms with Crippen LogP contribution in [0.15, 0.2) is 23.1 Å². The van der Waals surface area contributed by atoms with Crippen LogP contribution in [0.2, 0.25) is 0 Å². The van der Waals surface area contributed by atoms with Crippen LogP contribution in [0.5, 0.6) is 5.75 Å². The molecule has 2 aliphatic rings. The molecule has 1 atom stereocenters. The van der Waals surface area contributed by atoms with Gasteiger partial charge in [-0.3, -0.25) is 4.79 Å². The number of sulfonamides is 1. The van der Waals surface area contributed by atoms with Crippen molar-refractivity contribution in [3.63, 3.8) is 0 Å². The minimum absolute atomic E-state index is 0.206. The Balaban J connectivity index is 1.94. The van der Waals surface area contributed by atoms with Gasteiger partial charge in [-0.05, 0) is 44.7 Å². The Bertz CT molecular complexity index is 742. The van der Waals surface area contributed by atoms with E-state index in [1.54, 1.807) is 19.9 Å². The molecule has 0 unspecified atom stereocenters. The molecule has 1 aromatic carbocycles. The number of hydrogen-bond donors (Lipinski definition) is 1. The summed E-state index contributed by atoms with van der Waals surface area (Å²) in [5, 5.41) is 2.74. The van der Waals surface area contributed by atoms with Gasteiger partial charge in [-0.25, -0.2) is 8.42 Å². The first-order valence-corrected chi connectivity index (χ1v) is 9.29. The van der Waals surface area contributed by atoms with E-state index in [4.69, 9.17) is 4.74 Å². The molecule has 0 spiro atoms. The third-order valence-electron chi connectivity index (χ3n) is 4.37. The molecule has 0 radical (unpaired) electrons. The average Bonchev–Trinajstić information content (AvgIpc) is 2.47. The summed E-state index contributed by atoms with van der Waals surface area (Å²) in [4.78, 5) is 12.1. The number of hydrogen-bond acceptors (Lipinski definition) is 4. The molecule has 0 bridgehead atoms. The molecule has 1 saturated heterocycles. The van der Waals surface area contributed by atoms with Crippen molar-refractivity contribution >= 4 is 21.6 Å². The zero-order valence-electron chi connectivity index (χ0n) is 13.6. The summed E-state index contributed by atoms with van der Waals surface area (Å²) in [5.74, 6) is 0.511. The minimum atomic E-state index is -3.54. The van der Waals surface area contributed by atoms with Crippen LogP contribution >= 0.6 is 0 Å². The van der Waals surface area contributed by atoms with Crippen molar-refractivity contribution in [2.45, 2.75) is 44.1 Å². The number of ether oxygens (including phenoxy) is 1. The molecular weight excluding hydrogens is 316 g/mol. The standard InChI is InChI=1S/C16H22N2O4S/c1-11-5-4-8-18(10-11)23(20,21)12-6-7-13-14(9-12)22-16(2,3)15(19)17-13/h6-7,9,11H,4-5,8,10H2,1-3H3,(H,17,19)/t11-/m1/s1. The summed E-state index contributed by atoms with van der Waals surface area (Å²) >= 11 is 0. The lowest BCUT2D eigenvalue weighted by atomic mass is 10.0. The Kier molecular flexibility index (Phi) is 3.88. The highest BCUT2D eigenvalue weighted by Crippen LogP contribution is 2.36.